The van der Waals surface area contributed by atoms with Crippen molar-refractivity contribution in [2.75, 3.05) is 7.05 Å². The lowest BCUT2D eigenvalue weighted by Crippen LogP contribution is -2.46. The number of pyridine rings is 1. The van der Waals surface area contributed by atoms with Crippen LogP contribution >= 0.6 is 0 Å². The van der Waals surface area contributed by atoms with E-state index in [4.69, 9.17) is 4.74 Å². The monoisotopic (exact) mass is 468 g/mol. The highest BCUT2D eigenvalue weighted by atomic mass is 32.2. The lowest BCUT2D eigenvalue weighted by Gasteiger charge is -2.35. The van der Waals surface area contributed by atoms with Crippen LogP contribution in [-0.2, 0) is 21.4 Å². The number of hydrogen-bond donors (Lipinski definition) is 1. The number of carbonyl (C=O) groups is 1. The fourth-order valence-corrected chi connectivity index (χ4v) is 5.98. The zero-order chi connectivity index (χ0) is 23.6. The maximum Gasteiger partial charge on any atom is 0.308 e. The Bertz CT molecular complexity index is 1260. The van der Waals surface area contributed by atoms with E-state index in [0.29, 0.717) is 25.2 Å². The Morgan fingerprint density at radius 2 is 1.82 bits per heavy atom. The predicted octanol–water partition coefficient (Wildman–Crippen LogP) is 4.39. The number of rotatable bonds is 7. The van der Waals surface area contributed by atoms with Crippen LogP contribution in [0.3, 0.4) is 0 Å². The first-order chi connectivity index (χ1) is 15.8. The number of fused-ring (bicyclic) bond motifs is 1. The van der Waals surface area contributed by atoms with Crippen LogP contribution in [0.25, 0.3) is 10.9 Å². The minimum absolute atomic E-state index is 0.122. The number of aromatic nitrogens is 1. The number of aryl methyl sites for hydroxylation is 1. The zero-order valence-corrected chi connectivity index (χ0v) is 19.6. The molecule has 1 N–H and O–H groups in total. The molecule has 1 aliphatic rings. The molecule has 0 spiro atoms. The first-order valence-electron chi connectivity index (χ1n) is 11.1. The summed E-state index contributed by atoms with van der Waals surface area (Å²) in [6.07, 6.45) is 2.67. The van der Waals surface area contributed by atoms with Gasteiger partial charge in [0.25, 0.3) is 0 Å². The van der Waals surface area contributed by atoms with E-state index < -0.39 is 28.0 Å². The second-order valence-electron chi connectivity index (χ2n) is 8.52. The second-order valence-corrected chi connectivity index (χ2v) is 10.5. The Labute approximate surface area is 194 Å². The molecule has 1 aromatic heterocycles. The van der Waals surface area contributed by atoms with Gasteiger partial charge >= 0.3 is 5.97 Å². The molecule has 1 saturated carbocycles. The van der Waals surface area contributed by atoms with Crippen molar-refractivity contribution in [2.45, 2.75) is 50.2 Å². The van der Waals surface area contributed by atoms with Crippen LogP contribution in [0, 0.1) is 12.8 Å². The lowest BCUT2D eigenvalue weighted by molar-refractivity contribution is -0.144. The van der Waals surface area contributed by atoms with E-state index in [0.717, 1.165) is 35.0 Å². The van der Waals surface area contributed by atoms with Crippen LogP contribution in [0.2, 0.25) is 0 Å². The first-order valence-corrected chi connectivity index (χ1v) is 12.5. The Kier molecular flexibility index (Phi) is 6.67. The van der Waals surface area contributed by atoms with E-state index in [1.54, 1.807) is 12.1 Å². The van der Waals surface area contributed by atoms with Crippen LogP contribution < -0.4 is 4.74 Å². The molecule has 1 fully saturated rings. The van der Waals surface area contributed by atoms with Crippen molar-refractivity contribution in [3.63, 3.8) is 0 Å². The van der Waals surface area contributed by atoms with Crippen molar-refractivity contribution in [3.8, 4) is 5.75 Å². The molecule has 0 bridgehead atoms. The summed E-state index contributed by atoms with van der Waals surface area (Å²) in [6, 6.07) is 15.6. The van der Waals surface area contributed by atoms with E-state index in [9.17, 15) is 18.3 Å². The van der Waals surface area contributed by atoms with Gasteiger partial charge in [-0.3, -0.25) is 9.78 Å². The molecule has 2 aromatic carbocycles. The van der Waals surface area contributed by atoms with Gasteiger partial charge in [-0.15, -0.1) is 0 Å². The van der Waals surface area contributed by atoms with Crippen molar-refractivity contribution >= 4 is 26.9 Å². The molecule has 2 atom stereocenters. The maximum absolute atomic E-state index is 13.2. The molecule has 0 aliphatic heterocycles. The molecule has 33 heavy (non-hydrogen) atoms. The number of benzene rings is 2. The van der Waals surface area contributed by atoms with Gasteiger partial charge in [-0.25, -0.2) is 8.42 Å². The number of carboxylic acids is 1. The normalized spacial score (nSPS) is 19.0. The Hall–Kier alpha value is -2.97. The predicted molar refractivity (Wildman–Crippen MR) is 126 cm³/mol. The molecule has 0 saturated heterocycles. The van der Waals surface area contributed by atoms with Crippen molar-refractivity contribution in [1.82, 2.24) is 9.29 Å². The van der Waals surface area contributed by atoms with Gasteiger partial charge in [0, 0.05) is 29.7 Å². The summed E-state index contributed by atoms with van der Waals surface area (Å²) < 4.78 is 33.5. The number of aliphatic carboxylic acids is 1. The topological polar surface area (TPSA) is 96.8 Å². The van der Waals surface area contributed by atoms with Gasteiger partial charge in [0.15, 0.2) is 0 Å². The molecule has 174 valence electrons. The number of para-hydroxylation sites is 1. The number of nitrogens with zero attached hydrogens (tertiary/aromatic N) is 2. The quantitative estimate of drug-likeness (QED) is 0.553. The van der Waals surface area contributed by atoms with Crippen LogP contribution in [-0.4, -0.2) is 41.9 Å². The third-order valence-corrected chi connectivity index (χ3v) is 8.24. The van der Waals surface area contributed by atoms with E-state index >= 15 is 0 Å². The highest BCUT2D eigenvalue weighted by Crippen LogP contribution is 2.32. The SMILES string of the molecule is Cc1cc(COc2ccc(S(=O)(=O)N(C)[C@@H]3CCCC[C@H]3C(=O)O)cc2)c2ccccc2n1. The fourth-order valence-electron chi connectivity index (χ4n) is 4.56. The summed E-state index contributed by atoms with van der Waals surface area (Å²) in [4.78, 5) is 16.3. The average Bonchev–Trinajstić information content (AvgIpc) is 2.82. The minimum Gasteiger partial charge on any atom is -0.489 e. The smallest absolute Gasteiger partial charge is 0.308 e. The molecule has 0 amide bonds. The largest absolute Gasteiger partial charge is 0.489 e. The van der Waals surface area contributed by atoms with Gasteiger partial charge in [-0.1, -0.05) is 31.0 Å². The average molecular weight is 469 g/mol. The van der Waals surface area contributed by atoms with Crippen LogP contribution in [0.15, 0.2) is 59.5 Å². The highest BCUT2D eigenvalue weighted by Gasteiger charge is 2.38. The maximum atomic E-state index is 13.2. The van der Waals surface area contributed by atoms with Gasteiger partial charge in [-0.05, 0) is 56.2 Å². The van der Waals surface area contributed by atoms with Gasteiger partial charge in [0.05, 0.1) is 16.3 Å². The van der Waals surface area contributed by atoms with Gasteiger partial charge in [-0.2, -0.15) is 4.31 Å². The van der Waals surface area contributed by atoms with Gasteiger partial charge in [0.2, 0.25) is 10.0 Å². The Morgan fingerprint density at radius 3 is 2.55 bits per heavy atom. The summed E-state index contributed by atoms with van der Waals surface area (Å²) in [5.74, 6) is -1.07. The minimum atomic E-state index is -3.82. The number of carboxylic acid groups (broad SMARTS) is 1. The molecule has 0 radical (unpaired) electrons. The van der Waals surface area contributed by atoms with Crippen molar-refractivity contribution in [2.24, 2.45) is 5.92 Å². The molecule has 3 aromatic rings. The summed E-state index contributed by atoms with van der Waals surface area (Å²) in [6.45, 7) is 2.27. The third kappa shape index (κ3) is 4.86. The molecule has 8 heteroatoms. The fraction of sp³-hybridized carbons (Fsp3) is 0.360. The van der Waals surface area contributed by atoms with Crippen LogP contribution in [0.4, 0.5) is 0 Å². The van der Waals surface area contributed by atoms with E-state index in [2.05, 4.69) is 4.98 Å². The highest BCUT2D eigenvalue weighted by molar-refractivity contribution is 7.89. The second kappa shape index (κ2) is 9.49. The Balaban J connectivity index is 1.49. The van der Waals surface area contributed by atoms with Crippen molar-refractivity contribution < 1.29 is 23.1 Å². The molecule has 0 unspecified atom stereocenters. The zero-order valence-electron chi connectivity index (χ0n) is 18.8. The summed E-state index contributed by atoms with van der Waals surface area (Å²) in [7, 11) is -2.34. The summed E-state index contributed by atoms with van der Waals surface area (Å²) >= 11 is 0. The van der Waals surface area contributed by atoms with Gasteiger partial charge in [0.1, 0.15) is 12.4 Å². The standard InChI is InChI=1S/C25H28N2O5S/c1-17-15-18(21-7-3-5-9-23(21)26-17)16-32-19-11-13-20(14-12-19)33(30,31)27(2)24-10-6-4-8-22(24)25(28)29/h3,5,7,9,11-15,22,24H,4,6,8,10,16H2,1-2H3,(H,28,29)/t22-,24-/m1/s1. The van der Waals surface area contributed by atoms with Crippen molar-refractivity contribution in [1.29, 1.82) is 0 Å². The van der Waals surface area contributed by atoms with Gasteiger partial charge < -0.3 is 9.84 Å². The van der Waals surface area contributed by atoms with E-state index in [1.807, 2.05) is 37.3 Å². The Morgan fingerprint density at radius 1 is 1.12 bits per heavy atom. The molecule has 1 heterocycles. The number of ether oxygens (including phenoxy) is 1. The molecule has 1 aliphatic carbocycles. The molecular weight excluding hydrogens is 440 g/mol. The number of sulfonamides is 1. The number of hydrogen-bond acceptors (Lipinski definition) is 5. The van der Waals surface area contributed by atoms with Crippen LogP contribution in [0.1, 0.15) is 36.9 Å². The molecular formula is C25H28N2O5S. The summed E-state index contributed by atoms with van der Waals surface area (Å²) in [5.41, 5.74) is 2.81. The van der Waals surface area contributed by atoms with Crippen molar-refractivity contribution in [3.05, 3.63) is 65.9 Å². The third-order valence-electron chi connectivity index (χ3n) is 6.34. The lowest BCUT2D eigenvalue weighted by atomic mass is 9.85. The molecule has 4 rings (SSSR count). The summed E-state index contributed by atoms with van der Waals surface area (Å²) in [5, 5.41) is 10.5. The molecule has 7 nitrogen and oxygen atoms in total. The van der Waals surface area contributed by atoms with E-state index in [-0.39, 0.29) is 4.90 Å². The first kappa shape index (κ1) is 23.2. The van der Waals surface area contributed by atoms with Crippen LogP contribution in [0.5, 0.6) is 5.75 Å². The van der Waals surface area contributed by atoms with E-state index in [1.165, 1.54) is 23.5 Å².